The molecule has 2 bridgehead atoms. The molecule has 0 spiro atoms. The number of fused-ring (bicyclic) bond motifs is 3. The van der Waals surface area contributed by atoms with Crippen molar-refractivity contribution >= 4 is 5.65 Å². The van der Waals surface area contributed by atoms with E-state index in [9.17, 15) is 5.11 Å². The third-order valence-corrected chi connectivity index (χ3v) is 4.89. The van der Waals surface area contributed by atoms with Crippen LogP contribution in [-0.4, -0.2) is 56.9 Å². The highest BCUT2D eigenvalue weighted by molar-refractivity contribution is 5.40. The molecule has 0 amide bonds. The van der Waals surface area contributed by atoms with Crippen LogP contribution in [0.3, 0.4) is 0 Å². The van der Waals surface area contributed by atoms with E-state index in [-0.39, 0.29) is 12.1 Å². The number of aryl methyl sites for hydroxylation is 1. The predicted octanol–water partition coefficient (Wildman–Crippen LogP) is 0.718. The third-order valence-electron chi connectivity index (χ3n) is 4.89. The minimum absolute atomic E-state index is 0.262. The first-order valence-electron chi connectivity index (χ1n) is 7.40. The van der Waals surface area contributed by atoms with Gasteiger partial charge in [0, 0.05) is 36.1 Å². The van der Waals surface area contributed by atoms with Crippen LogP contribution in [0, 0.1) is 6.92 Å². The highest BCUT2D eigenvalue weighted by atomic mass is 16.5. The maximum absolute atomic E-state index is 11.2. The van der Waals surface area contributed by atoms with Crippen molar-refractivity contribution in [2.75, 3.05) is 20.3 Å². The lowest BCUT2D eigenvalue weighted by atomic mass is 9.78. The average molecular weight is 288 g/mol. The molecule has 0 aliphatic carbocycles. The van der Waals surface area contributed by atoms with E-state index in [1.165, 1.54) is 0 Å². The van der Waals surface area contributed by atoms with Crippen LogP contribution in [0.15, 0.2) is 18.5 Å². The van der Waals surface area contributed by atoms with Crippen LogP contribution in [0.2, 0.25) is 0 Å². The number of hydrogen-bond donors (Lipinski definition) is 1. The Morgan fingerprint density at radius 3 is 2.76 bits per heavy atom. The molecular formula is C15H20N4O2. The van der Waals surface area contributed by atoms with Crippen LogP contribution >= 0.6 is 0 Å². The maximum atomic E-state index is 11.2. The van der Waals surface area contributed by atoms with Crippen LogP contribution < -0.4 is 0 Å². The van der Waals surface area contributed by atoms with E-state index in [4.69, 9.17) is 4.74 Å². The summed E-state index contributed by atoms with van der Waals surface area (Å²) in [6, 6.07) is 2.46. The van der Waals surface area contributed by atoms with Crippen molar-refractivity contribution in [2.45, 2.75) is 37.5 Å². The normalized spacial score (nSPS) is 33.5. The molecular weight excluding hydrogens is 268 g/mol. The van der Waals surface area contributed by atoms with Crippen molar-refractivity contribution in [3.05, 3.63) is 29.7 Å². The van der Waals surface area contributed by atoms with E-state index in [2.05, 4.69) is 22.0 Å². The Hall–Kier alpha value is -1.50. The standard InChI is InChI=1S/C15H20N4O2/c1-10-3-14-16-6-11(7-19(14)17-10)15(20)4-12-8-21-9-13(5-15)18(12)2/h3,6-7,12-13,20H,4-5,8-9H2,1-2H3. The minimum atomic E-state index is -0.841. The molecule has 4 rings (SSSR count). The summed E-state index contributed by atoms with van der Waals surface area (Å²) in [6.45, 7) is 3.32. The number of likely N-dealkylation sites (N-methyl/N-ethyl adjacent to an activating group) is 1. The molecule has 2 saturated heterocycles. The molecule has 2 aliphatic rings. The predicted molar refractivity (Wildman–Crippen MR) is 77.0 cm³/mol. The monoisotopic (exact) mass is 288 g/mol. The van der Waals surface area contributed by atoms with Gasteiger partial charge in [-0.15, -0.1) is 0 Å². The molecule has 2 aromatic heterocycles. The topological polar surface area (TPSA) is 62.9 Å². The third kappa shape index (κ3) is 2.06. The second-order valence-electron chi connectivity index (χ2n) is 6.38. The van der Waals surface area contributed by atoms with E-state index in [0.29, 0.717) is 26.1 Å². The Morgan fingerprint density at radius 2 is 2.05 bits per heavy atom. The zero-order chi connectivity index (χ0) is 14.6. The summed E-state index contributed by atoms with van der Waals surface area (Å²) in [6.07, 6.45) is 5.05. The number of rotatable bonds is 1. The van der Waals surface area contributed by atoms with Crippen molar-refractivity contribution in [2.24, 2.45) is 0 Å². The fourth-order valence-corrected chi connectivity index (χ4v) is 3.61. The Bertz CT molecular complexity index is 669. The van der Waals surface area contributed by atoms with Crippen LogP contribution in [0.4, 0.5) is 0 Å². The molecule has 6 heteroatoms. The average Bonchev–Trinajstić information content (AvgIpc) is 2.80. The van der Waals surface area contributed by atoms with Gasteiger partial charge < -0.3 is 9.84 Å². The molecule has 2 aliphatic heterocycles. The van der Waals surface area contributed by atoms with Crippen molar-refractivity contribution in [3.8, 4) is 0 Å². The number of aromatic nitrogens is 3. The lowest BCUT2D eigenvalue weighted by molar-refractivity contribution is -0.138. The van der Waals surface area contributed by atoms with Crippen LogP contribution in [-0.2, 0) is 10.3 Å². The quantitative estimate of drug-likeness (QED) is 0.837. The summed E-state index contributed by atoms with van der Waals surface area (Å²) >= 11 is 0. The number of ether oxygens (including phenoxy) is 1. The molecule has 0 aromatic carbocycles. The van der Waals surface area contributed by atoms with Gasteiger partial charge in [-0.1, -0.05) is 0 Å². The fraction of sp³-hybridized carbons (Fsp3) is 0.600. The molecule has 112 valence electrons. The van der Waals surface area contributed by atoms with Gasteiger partial charge in [-0.05, 0) is 26.8 Å². The van der Waals surface area contributed by atoms with E-state index < -0.39 is 5.60 Å². The lowest BCUT2D eigenvalue weighted by Gasteiger charge is -2.50. The number of piperidine rings is 1. The van der Waals surface area contributed by atoms with Gasteiger partial charge in [-0.3, -0.25) is 4.90 Å². The molecule has 2 fully saturated rings. The van der Waals surface area contributed by atoms with Gasteiger partial charge in [0.2, 0.25) is 0 Å². The summed E-state index contributed by atoms with van der Waals surface area (Å²) in [5, 5.41) is 15.6. The Labute approximate surface area is 123 Å². The molecule has 2 unspecified atom stereocenters. The first-order chi connectivity index (χ1) is 10.0. The summed E-state index contributed by atoms with van der Waals surface area (Å²) in [4.78, 5) is 6.77. The number of aliphatic hydroxyl groups is 1. The second-order valence-corrected chi connectivity index (χ2v) is 6.38. The first kappa shape index (κ1) is 13.2. The van der Waals surface area contributed by atoms with Crippen molar-refractivity contribution in [3.63, 3.8) is 0 Å². The van der Waals surface area contributed by atoms with E-state index in [1.807, 2.05) is 19.2 Å². The number of morpholine rings is 1. The fourth-order valence-electron chi connectivity index (χ4n) is 3.61. The number of nitrogens with zero attached hydrogens (tertiary/aromatic N) is 4. The second kappa shape index (κ2) is 4.50. The van der Waals surface area contributed by atoms with Gasteiger partial charge in [0.1, 0.15) is 0 Å². The largest absolute Gasteiger partial charge is 0.385 e. The Kier molecular flexibility index (Phi) is 2.82. The summed E-state index contributed by atoms with van der Waals surface area (Å²) in [5.41, 5.74) is 1.76. The molecule has 4 heterocycles. The highest BCUT2D eigenvalue weighted by Crippen LogP contribution is 2.39. The van der Waals surface area contributed by atoms with Crippen LogP contribution in [0.25, 0.3) is 5.65 Å². The van der Waals surface area contributed by atoms with Crippen molar-refractivity contribution < 1.29 is 9.84 Å². The molecule has 1 N–H and O–H groups in total. The molecule has 2 atom stereocenters. The zero-order valence-electron chi connectivity index (χ0n) is 12.4. The molecule has 21 heavy (non-hydrogen) atoms. The van der Waals surface area contributed by atoms with Crippen molar-refractivity contribution in [1.29, 1.82) is 0 Å². The zero-order valence-corrected chi connectivity index (χ0v) is 12.4. The van der Waals surface area contributed by atoms with Gasteiger partial charge in [0.05, 0.1) is 24.5 Å². The highest BCUT2D eigenvalue weighted by Gasteiger charge is 2.45. The molecule has 2 aromatic rings. The van der Waals surface area contributed by atoms with Gasteiger partial charge in [-0.25, -0.2) is 9.50 Å². The van der Waals surface area contributed by atoms with E-state index in [0.717, 1.165) is 16.9 Å². The van der Waals surface area contributed by atoms with E-state index >= 15 is 0 Å². The number of hydrogen-bond acceptors (Lipinski definition) is 5. The van der Waals surface area contributed by atoms with Crippen LogP contribution in [0.5, 0.6) is 0 Å². The van der Waals surface area contributed by atoms with Gasteiger partial charge in [0.25, 0.3) is 0 Å². The minimum Gasteiger partial charge on any atom is -0.385 e. The van der Waals surface area contributed by atoms with Gasteiger partial charge >= 0.3 is 0 Å². The SMILES string of the molecule is Cc1cc2ncc(C3(O)CC4COCC(C3)N4C)cn2n1. The lowest BCUT2D eigenvalue weighted by Crippen LogP contribution is -2.59. The Balaban J connectivity index is 1.72. The first-order valence-corrected chi connectivity index (χ1v) is 7.40. The summed E-state index contributed by atoms with van der Waals surface area (Å²) < 4.78 is 7.38. The van der Waals surface area contributed by atoms with Gasteiger partial charge in [-0.2, -0.15) is 5.10 Å². The van der Waals surface area contributed by atoms with Crippen molar-refractivity contribution in [1.82, 2.24) is 19.5 Å². The molecule has 0 saturated carbocycles. The molecule has 0 radical (unpaired) electrons. The maximum Gasteiger partial charge on any atom is 0.155 e. The Morgan fingerprint density at radius 1 is 1.33 bits per heavy atom. The smallest absolute Gasteiger partial charge is 0.155 e. The molecule has 6 nitrogen and oxygen atoms in total. The van der Waals surface area contributed by atoms with E-state index in [1.54, 1.807) is 10.7 Å². The summed E-state index contributed by atoms with van der Waals surface area (Å²) in [7, 11) is 2.12. The summed E-state index contributed by atoms with van der Waals surface area (Å²) in [5.74, 6) is 0. The van der Waals surface area contributed by atoms with Crippen LogP contribution in [0.1, 0.15) is 24.1 Å². The van der Waals surface area contributed by atoms with Gasteiger partial charge in [0.15, 0.2) is 5.65 Å².